The maximum absolute atomic E-state index is 11.4. The van der Waals surface area contributed by atoms with Crippen LogP contribution in [0, 0.1) is 11.8 Å². The molecule has 1 aromatic rings. The molecule has 1 rings (SSSR count). The van der Waals surface area contributed by atoms with Crippen LogP contribution in [0.15, 0.2) is 18.2 Å². The highest BCUT2D eigenvalue weighted by molar-refractivity contribution is 5.92. The molecule has 0 fully saturated rings. The fourth-order valence-corrected chi connectivity index (χ4v) is 1.28. The number of esters is 1. The summed E-state index contributed by atoms with van der Waals surface area (Å²) in [5.41, 5.74) is 5.91. The smallest absolute Gasteiger partial charge is 0.341 e. The van der Waals surface area contributed by atoms with Gasteiger partial charge in [0, 0.05) is 5.56 Å². The molecular weight excluding hydrogens is 234 g/mol. The van der Waals surface area contributed by atoms with Crippen LogP contribution in [0.2, 0.25) is 0 Å². The number of primary amides is 1. The quantitative estimate of drug-likeness (QED) is 0.630. The maximum Gasteiger partial charge on any atom is 0.341 e. The van der Waals surface area contributed by atoms with E-state index in [-0.39, 0.29) is 6.42 Å². The summed E-state index contributed by atoms with van der Waals surface area (Å²) in [5.74, 6) is 4.77. The molecule has 0 saturated carbocycles. The number of carbonyl (C=O) groups excluding carboxylic acids is 2. The molecular formula is C13H13NO4. The third kappa shape index (κ3) is 3.52. The van der Waals surface area contributed by atoms with Crippen molar-refractivity contribution in [3.8, 4) is 17.6 Å². The first-order chi connectivity index (χ1) is 8.58. The third-order valence-corrected chi connectivity index (χ3v) is 2.10. The van der Waals surface area contributed by atoms with Crippen molar-refractivity contribution in [3.63, 3.8) is 0 Å². The minimum Gasteiger partial charge on any atom is -0.496 e. The molecule has 1 aromatic carbocycles. The summed E-state index contributed by atoms with van der Waals surface area (Å²) in [7, 11) is 2.74. The van der Waals surface area contributed by atoms with Crippen LogP contribution >= 0.6 is 0 Å². The van der Waals surface area contributed by atoms with Crippen LogP contribution in [-0.4, -0.2) is 26.1 Å². The molecule has 0 aliphatic rings. The molecule has 0 unspecified atom stereocenters. The van der Waals surface area contributed by atoms with Crippen LogP contribution in [0.3, 0.4) is 0 Å². The molecule has 0 radical (unpaired) electrons. The zero-order valence-electron chi connectivity index (χ0n) is 10.1. The molecule has 5 nitrogen and oxygen atoms in total. The van der Waals surface area contributed by atoms with Gasteiger partial charge >= 0.3 is 5.97 Å². The first kappa shape index (κ1) is 13.6. The van der Waals surface area contributed by atoms with Gasteiger partial charge in [-0.25, -0.2) is 4.79 Å². The topological polar surface area (TPSA) is 78.6 Å². The summed E-state index contributed by atoms with van der Waals surface area (Å²) in [6.45, 7) is 0. The molecule has 0 aliphatic heterocycles. The van der Waals surface area contributed by atoms with Gasteiger partial charge in [0.25, 0.3) is 0 Å². The van der Waals surface area contributed by atoms with E-state index in [9.17, 15) is 9.59 Å². The average molecular weight is 247 g/mol. The summed E-state index contributed by atoms with van der Waals surface area (Å²) in [5, 5.41) is 0. The second kappa shape index (κ2) is 6.30. The molecule has 0 aliphatic carbocycles. The molecule has 0 aromatic heterocycles. The van der Waals surface area contributed by atoms with Crippen molar-refractivity contribution in [1.29, 1.82) is 0 Å². The van der Waals surface area contributed by atoms with Crippen LogP contribution in [0.25, 0.3) is 0 Å². The van der Waals surface area contributed by atoms with Crippen molar-refractivity contribution in [1.82, 2.24) is 0 Å². The first-order valence-electron chi connectivity index (χ1n) is 5.12. The van der Waals surface area contributed by atoms with E-state index in [4.69, 9.17) is 10.5 Å². The van der Waals surface area contributed by atoms with Crippen molar-refractivity contribution >= 4 is 11.9 Å². The molecule has 0 heterocycles. The predicted octanol–water partition coefficient (Wildman–Crippen LogP) is 0.709. The fourth-order valence-electron chi connectivity index (χ4n) is 1.28. The Morgan fingerprint density at radius 3 is 2.61 bits per heavy atom. The highest BCUT2D eigenvalue weighted by Gasteiger charge is 2.12. The monoisotopic (exact) mass is 247 g/mol. The number of hydrogen-bond donors (Lipinski definition) is 1. The molecule has 18 heavy (non-hydrogen) atoms. The van der Waals surface area contributed by atoms with E-state index in [1.165, 1.54) is 14.2 Å². The Bertz CT molecular complexity index is 526. The Balaban J connectivity index is 3.01. The van der Waals surface area contributed by atoms with Crippen LogP contribution in [0.4, 0.5) is 0 Å². The summed E-state index contributed by atoms with van der Waals surface area (Å²) in [6.07, 6.45) is -0.0128. The average Bonchev–Trinajstić information content (AvgIpc) is 2.37. The van der Waals surface area contributed by atoms with Gasteiger partial charge < -0.3 is 15.2 Å². The van der Waals surface area contributed by atoms with Crippen molar-refractivity contribution in [2.75, 3.05) is 14.2 Å². The number of rotatable bonds is 3. The lowest BCUT2D eigenvalue weighted by Crippen LogP contribution is -2.08. The summed E-state index contributed by atoms with van der Waals surface area (Å²) in [4.78, 5) is 21.9. The third-order valence-electron chi connectivity index (χ3n) is 2.10. The number of carbonyl (C=O) groups is 2. The lowest BCUT2D eigenvalue weighted by Gasteiger charge is -2.06. The highest BCUT2D eigenvalue weighted by atomic mass is 16.5. The van der Waals surface area contributed by atoms with Crippen LogP contribution in [0.5, 0.6) is 5.75 Å². The normalized spacial score (nSPS) is 9.00. The van der Waals surface area contributed by atoms with Crippen LogP contribution in [-0.2, 0) is 9.53 Å². The second-order valence-corrected chi connectivity index (χ2v) is 3.35. The summed E-state index contributed by atoms with van der Waals surface area (Å²) < 4.78 is 9.69. The van der Waals surface area contributed by atoms with Gasteiger partial charge in [-0.2, -0.15) is 0 Å². The SMILES string of the molecule is COC(=O)c1ccc(C#CCC(N)=O)cc1OC. The Morgan fingerprint density at radius 1 is 1.33 bits per heavy atom. The summed E-state index contributed by atoms with van der Waals surface area (Å²) >= 11 is 0. The number of methoxy groups -OCH3 is 2. The fraction of sp³-hybridized carbons (Fsp3) is 0.231. The van der Waals surface area contributed by atoms with E-state index in [1.54, 1.807) is 18.2 Å². The Labute approximate surface area is 105 Å². The standard InChI is InChI=1S/C13H13NO4/c1-17-11-8-9(4-3-5-12(14)15)6-7-10(11)13(16)18-2/h6-8H,5H2,1-2H3,(H2,14,15). The van der Waals surface area contributed by atoms with Gasteiger partial charge in [0.1, 0.15) is 11.3 Å². The van der Waals surface area contributed by atoms with Crippen molar-refractivity contribution in [2.45, 2.75) is 6.42 Å². The van der Waals surface area contributed by atoms with Gasteiger partial charge in [0.15, 0.2) is 0 Å². The summed E-state index contributed by atoms with van der Waals surface area (Å²) in [6, 6.07) is 4.79. The van der Waals surface area contributed by atoms with E-state index in [0.717, 1.165) is 0 Å². The predicted molar refractivity (Wildman–Crippen MR) is 65.0 cm³/mol. The molecule has 2 N–H and O–H groups in total. The van der Waals surface area contributed by atoms with Crippen molar-refractivity contribution in [2.24, 2.45) is 5.73 Å². The largest absolute Gasteiger partial charge is 0.496 e. The number of ether oxygens (including phenoxy) is 2. The van der Waals surface area contributed by atoms with Gasteiger partial charge in [-0.3, -0.25) is 4.79 Å². The number of amides is 1. The van der Waals surface area contributed by atoms with Gasteiger partial charge in [0.2, 0.25) is 5.91 Å². The molecule has 0 spiro atoms. The van der Waals surface area contributed by atoms with Gasteiger partial charge in [-0.1, -0.05) is 11.8 Å². The zero-order valence-corrected chi connectivity index (χ0v) is 10.1. The van der Waals surface area contributed by atoms with Gasteiger partial charge in [-0.05, 0) is 18.2 Å². The van der Waals surface area contributed by atoms with Gasteiger partial charge in [-0.15, -0.1) is 0 Å². The van der Waals surface area contributed by atoms with E-state index < -0.39 is 11.9 Å². The lowest BCUT2D eigenvalue weighted by atomic mass is 10.1. The molecule has 5 heteroatoms. The van der Waals surface area contributed by atoms with E-state index in [2.05, 4.69) is 16.6 Å². The number of benzene rings is 1. The Hall–Kier alpha value is -2.48. The first-order valence-corrected chi connectivity index (χ1v) is 5.12. The molecule has 0 atom stereocenters. The second-order valence-electron chi connectivity index (χ2n) is 3.35. The maximum atomic E-state index is 11.4. The van der Waals surface area contributed by atoms with Crippen LogP contribution in [0.1, 0.15) is 22.3 Å². The zero-order chi connectivity index (χ0) is 13.5. The minimum absolute atomic E-state index is 0.0128. The molecule has 94 valence electrons. The van der Waals surface area contributed by atoms with E-state index in [0.29, 0.717) is 16.9 Å². The van der Waals surface area contributed by atoms with Crippen LogP contribution < -0.4 is 10.5 Å². The highest BCUT2D eigenvalue weighted by Crippen LogP contribution is 2.20. The Kier molecular flexibility index (Phi) is 4.76. The number of hydrogen-bond acceptors (Lipinski definition) is 4. The number of nitrogens with two attached hydrogens (primary N) is 1. The van der Waals surface area contributed by atoms with Gasteiger partial charge in [0.05, 0.1) is 20.6 Å². The van der Waals surface area contributed by atoms with E-state index >= 15 is 0 Å². The molecule has 1 amide bonds. The Morgan fingerprint density at radius 2 is 2.06 bits per heavy atom. The molecule has 0 saturated heterocycles. The lowest BCUT2D eigenvalue weighted by molar-refractivity contribution is -0.117. The minimum atomic E-state index is -0.486. The van der Waals surface area contributed by atoms with E-state index in [1.807, 2.05) is 0 Å². The van der Waals surface area contributed by atoms with Crippen molar-refractivity contribution < 1.29 is 19.1 Å². The van der Waals surface area contributed by atoms with Crippen molar-refractivity contribution in [3.05, 3.63) is 29.3 Å². The molecule has 0 bridgehead atoms.